The van der Waals surface area contributed by atoms with E-state index in [0.29, 0.717) is 22.3 Å². The molecule has 1 unspecified atom stereocenters. The second kappa shape index (κ2) is 6.86. The molecule has 2 N–H and O–H groups in total. The van der Waals surface area contributed by atoms with Gasteiger partial charge in [0.15, 0.2) is 0 Å². The molecule has 4 aromatic rings. The van der Waals surface area contributed by atoms with Gasteiger partial charge in [0.1, 0.15) is 11.5 Å². The Kier molecular flexibility index (Phi) is 4.27. The monoisotopic (exact) mass is 417 g/mol. The smallest absolute Gasteiger partial charge is 0.242 e. The molecule has 0 saturated heterocycles. The first-order valence-electron chi connectivity index (χ1n) is 9.50. The number of fused-ring (bicyclic) bond motifs is 4. The van der Waals surface area contributed by atoms with Crippen LogP contribution in [0.4, 0.5) is 0 Å². The number of methoxy groups -OCH3 is 1. The van der Waals surface area contributed by atoms with Crippen molar-refractivity contribution in [3.8, 4) is 22.6 Å². The highest BCUT2D eigenvalue weighted by molar-refractivity contribution is 7.89. The second-order valence-corrected chi connectivity index (χ2v) is 8.88. The summed E-state index contributed by atoms with van der Waals surface area (Å²) in [5, 5.41) is 12.6. The maximum atomic E-state index is 13.3. The molecule has 5 nitrogen and oxygen atoms in total. The van der Waals surface area contributed by atoms with Crippen molar-refractivity contribution in [3.63, 3.8) is 0 Å². The predicted octanol–water partition coefficient (Wildman–Crippen LogP) is 4.60. The molecule has 4 aromatic carbocycles. The number of ether oxygens (including phenoxy) is 1. The van der Waals surface area contributed by atoms with E-state index in [1.807, 2.05) is 54.6 Å². The highest BCUT2D eigenvalue weighted by Crippen LogP contribution is 2.46. The molecule has 0 bridgehead atoms. The fourth-order valence-corrected chi connectivity index (χ4v) is 5.59. The maximum absolute atomic E-state index is 13.3. The summed E-state index contributed by atoms with van der Waals surface area (Å²) in [5.74, 6) is 0.415. The van der Waals surface area contributed by atoms with Crippen LogP contribution in [0.1, 0.15) is 17.2 Å². The summed E-state index contributed by atoms with van der Waals surface area (Å²) >= 11 is 0. The zero-order chi connectivity index (χ0) is 20.9. The Bertz CT molecular complexity index is 1400. The number of aromatic hydroxyl groups is 1. The number of hydrogen-bond donors (Lipinski definition) is 2. The van der Waals surface area contributed by atoms with Crippen molar-refractivity contribution in [2.24, 2.45) is 0 Å². The van der Waals surface area contributed by atoms with Crippen LogP contribution in [0.25, 0.3) is 21.9 Å². The molecule has 0 fully saturated rings. The SMILES string of the molecule is COc1cc2ccccc2c(O)c1C1NS(=O)(=O)c2ccccc2-c2ccccc21. The first-order valence-corrected chi connectivity index (χ1v) is 11.0. The summed E-state index contributed by atoms with van der Waals surface area (Å²) in [5.41, 5.74) is 2.55. The van der Waals surface area contributed by atoms with E-state index in [9.17, 15) is 13.5 Å². The van der Waals surface area contributed by atoms with E-state index in [-0.39, 0.29) is 10.6 Å². The number of hydrogen-bond acceptors (Lipinski definition) is 4. The van der Waals surface area contributed by atoms with Gasteiger partial charge in [-0.05, 0) is 28.6 Å². The summed E-state index contributed by atoms with van der Waals surface area (Å²) in [7, 11) is -2.34. The lowest BCUT2D eigenvalue weighted by atomic mass is 9.89. The minimum absolute atomic E-state index is 0.00147. The van der Waals surface area contributed by atoms with E-state index >= 15 is 0 Å². The predicted molar refractivity (Wildman–Crippen MR) is 116 cm³/mol. The molecular weight excluding hydrogens is 398 g/mol. The van der Waals surface area contributed by atoms with Gasteiger partial charge in [-0.25, -0.2) is 8.42 Å². The van der Waals surface area contributed by atoms with Crippen molar-refractivity contribution >= 4 is 20.8 Å². The van der Waals surface area contributed by atoms with Gasteiger partial charge in [-0.1, -0.05) is 66.7 Å². The summed E-state index contributed by atoms with van der Waals surface area (Å²) in [6.45, 7) is 0. The minimum Gasteiger partial charge on any atom is -0.507 e. The van der Waals surface area contributed by atoms with E-state index in [0.717, 1.165) is 16.5 Å². The van der Waals surface area contributed by atoms with Crippen LogP contribution in [0.15, 0.2) is 83.8 Å². The third-order valence-electron chi connectivity index (χ3n) is 5.54. The molecule has 5 rings (SSSR count). The maximum Gasteiger partial charge on any atom is 0.242 e. The van der Waals surface area contributed by atoms with Gasteiger partial charge in [0, 0.05) is 10.9 Å². The van der Waals surface area contributed by atoms with Crippen LogP contribution in [0.3, 0.4) is 0 Å². The van der Waals surface area contributed by atoms with Crippen molar-refractivity contribution in [2.75, 3.05) is 7.11 Å². The minimum atomic E-state index is -3.86. The van der Waals surface area contributed by atoms with Crippen LogP contribution in [0.2, 0.25) is 0 Å². The molecule has 30 heavy (non-hydrogen) atoms. The molecule has 1 atom stereocenters. The van der Waals surface area contributed by atoms with Crippen molar-refractivity contribution in [2.45, 2.75) is 10.9 Å². The van der Waals surface area contributed by atoms with Crippen LogP contribution >= 0.6 is 0 Å². The van der Waals surface area contributed by atoms with Gasteiger partial charge in [-0.15, -0.1) is 0 Å². The Hall–Kier alpha value is -3.35. The number of sulfonamides is 1. The molecule has 0 aliphatic carbocycles. The summed E-state index contributed by atoms with van der Waals surface area (Å²) in [4.78, 5) is 0.208. The molecule has 1 heterocycles. The standard InChI is InChI=1S/C24H19NO4S/c1-29-20-14-15-8-2-3-9-16(15)24(26)22(20)23-19-12-5-4-10-17(19)18-11-6-7-13-21(18)30(27,28)25-23/h2-14,23,25-26H,1H3. The molecular formula is C24H19NO4S. The van der Waals surface area contributed by atoms with Gasteiger partial charge in [0.25, 0.3) is 0 Å². The Morgan fingerprint density at radius 2 is 1.57 bits per heavy atom. The highest BCUT2D eigenvalue weighted by Gasteiger charge is 2.34. The Morgan fingerprint density at radius 3 is 2.37 bits per heavy atom. The average Bonchev–Trinajstić information content (AvgIpc) is 2.87. The fraction of sp³-hybridized carbons (Fsp3) is 0.0833. The number of benzene rings is 4. The summed E-state index contributed by atoms with van der Waals surface area (Å²) in [6, 6.07) is 22.8. The van der Waals surface area contributed by atoms with Gasteiger partial charge in [0.05, 0.1) is 23.6 Å². The Labute approximate surface area is 174 Å². The molecule has 150 valence electrons. The third kappa shape index (κ3) is 2.76. The molecule has 6 heteroatoms. The Morgan fingerprint density at radius 1 is 0.900 bits per heavy atom. The van der Waals surface area contributed by atoms with Crippen molar-refractivity contribution < 1.29 is 18.3 Å². The Balaban J connectivity index is 1.86. The van der Waals surface area contributed by atoms with Crippen LogP contribution < -0.4 is 9.46 Å². The third-order valence-corrected chi connectivity index (χ3v) is 7.02. The van der Waals surface area contributed by atoms with Gasteiger partial charge < -0.3 is 9.84 Å². The van der Waals surface area contributed by atoms with E-state index in [1.165, 1.54) is 7.11 Å². The van der Waals surface area contributed by atoms with E-state index in [2.05, 4.69) is 4.72 Å². The lowest BCUT2D eigenvalue weighted by Crippen LogP contribution is -2.28. The van der Waals surface area contributed by atoms with Gasteiger partial charge in [-0.2, -0.15) is 4.72 Å². The molecule has 0 aromatic heterocycles. The van der Waals surface area contributed by atoms with E-state index in [4.69, 9.17) is 4.74 Å². The van der Waals surface area contributed by atoms with Crippen molar-refractivity contribution in [1.29, 1.82) is 0 Å². The zero-order valence-electron chi connectivity index (χ0n) is 16.2. The topological polar surface area (TPSA) is 75.6 Å². The fourth-order valence-electron chi connectivity index (χ4n) is 4.18. The normalized spacial score (nSPS) is 17.0. The summed E-state index contributed by atoms with van der Waals surface area (Å²) in [6.07, 6.45) is 0. The average molecular weight is 417 g/mol. The first kappa shape index (κ1) is 18.7. The van der Waals surface area contributed by atoms with Gasteiger partial charge in [-0.3, -0.25) is 0 Å². The van der Waals surface area contributed by atoms with Crippen molar-refractivity contribution in [1.82, 2.24) is 4.72 Å². The molecule has 0 radical (unpaired) electrons. The number of phenols is 1. The summed E-state index contributed by atoms with van der Waals surface area (Å²) < 4.78 is 35.0. The first-order chi connectivity index (χ1) is 14.5. The van der Waals surface area contributed by atoms with Crippen LogP contribution in [-0.4, -0.2) is 20.6 Å². The lowest BCUT2D eigenvalue weighted by molar-refractivity contribution is 0.397. The largest absolute Gasteiger partial charge is 0.507 e. The second-order valence-electron chi connectivity index (χ2n) is 7.20. The number of rotatable bonds is 2. The lowest BCUT2D eigenvalue weighted by Gasteiger charge is -2.23. The van der Waals surface area contributed by atoms with Gasteiger partial charge in [0.2, 0.25) is 10.0 Å². The highest BCUT2D eigenvalue weighted by atomic mass is 32.2. The quantitative estimate of drug-likeness (QED) is 0.500. The zero-order valence-corrected chi connectivity index (χ0v) is 17.0. The van der Waals surface area contributed by atoms with Gasteiger partial charge >= 0.3 is 0 Å². The van der Waals surface area contributed by atoms with Crippen LogP contribution in [0, 0.1) is 0 Å². The number of nitrogens with one attached hydrogen (secondary N) is 1. The molecule has 1 aliphatic rings. The van der Waals surface area contributed by atoms with Crippen LogP contribution in [0.5, 0.6) is 11.5 Å². The van der Waals surface area contributed by atoms with E-state index in [1.54, 1.807) is 24.3 Å². The molecule has 1 aliphatic heterocycles. The number of phenolic OH excluding ortho intramolecular Hbond substituents is 1. The molecule has 0 saturated carbocycles. The molecule has 0 amide bonds. The van der Waals surface area contributed by atoms with Crippen LogP contribution in [-0.2, 0) is 10.0 Å². The van der Waals surface area contributed by atoms with E-state index < -0.39 is 16.1 Å². The molecule has 0 spiro atoms. The van der Waals surface area contributed by atoms with Crippen molar-refractivity contribution in [3.05, 3.63) is 90.0 Å².